The van der Waals surface area contributed by atoms with Crippen LogP contribution < -0.4 is 4.90 Å². The number of nitrogens with zero attached hydrogens (tertiary/aromatic N) is 2. The molecule has 1 aromatic heterocycles. The molecule has 1 fully saturated rings. The molecule has 1 atom stereocenters. The number of rotatable bonds is 7. The number of ketones is 1. The van der Waals surface area contributed by atoms with Crippen molar-refractivity contribution in [2.75, 3.05) is 31.1 Å². The van der Waals surface area contributed by atoms with Gasteiger partial charge in [-0.15, -0.1) is 0 Å². The molecule has 2 heterocycles. The summed E-state index contributed by atoms with van der Waals surface area (Å²) in [5, 5.41) is 11.6. The molecule has 1 aliphatic heterocycles. The van der Waals surface area contributed by atoms with Crippen LogP contribution in [0.4, 0.5) is 10.1 Å². The highest BCUT2D eigenvalue weighted by atomic mass is 19.1. The summed E-state index contributed by atoms with van der Waals surface area (Å²) in [7, 11) is 0. The average molecular weight is 562 g/mol. The van der Waals surface area contributed by atoms with Crippen molar-refractivity contribution in [2.45, 2.75) is 19.3 Å². The molecule has 0 aliphatic carbocycles. The van der Waals surface area contributed by atoms with Crippen LogP contribution in [0.15, 0.2) is 97.1 Å². The number of amides is 1. The summed E-state index contributed by atoms with van der Waals surface area (Å²) in [4.78, 5) is 32.9. The number of H-pyrrole nitrogens is 1. The van der Waals surface area contributed by atoms with Crippen LogP contribution in [0.5, 0.6) is 5.75 Å². The number of para-hydroxylation sites is 1. The van der Waals surface area contributed by atoms with Crippen molar-refractivity contribution in [2.24, 2.45) is 0 Å². The van der Waals surface area contributed by atoms with Crippen molar-refractivity contribution in [3.63, 3.8) is 0 Å². The number of carbonyl (C=O) groups is 2. The Labute approximate surface area is 244 Å². The topological polar surface area (TPSA) is 76.6 Å². The number of anilines is 1. The number of phenols is 1. The van der Waals surface area contributed by atoms with Gasteiger partial charge >= 0.3 is 0 Å². The summed E-state index contributed by atoms with van der Waals surface area (Å²) in [6.07, 6.45) is 0.0540. The highest BCUT2D eigenvalue weighted by Gasteiger charge is 2.25. The van der Waals surface area contributed by atoms with E-state index in [0.29, 0.717) is 24.2 Å². The molecule has 0 radical (unpaired) electrons. The third-order valence-electron chi connectivity index (χ3n) is 8.16. The van der Waals surface area contributed by atoms with Crippen molar-refractivity contribution in [3.8, 4) is 16.9 Å². The number of halogens is 1. The normalized spacial score (nSPS) is 14.2. The number of nitrogens with one attached hydrogen (secondary N) is 1. The van der Waals surface area contributed by atoms with Crippen LogP contribution in [0, 0.1) is 5.82 Å². The van der Waals surface area contributed by atoms with Crippen molar-refractivity contribution < 1.29 is 19.1 Å². The molecule has 2 N–H and O–H groups in total. The zero-order chi connectivity index (χ0) is 29.2. The fourth-order valence-corrected chi connectivity index (χ4v) is 5.80. The van der Waals surface area contributed by atoms with Gasteiger partial charge < -0.3 is 19.9 Å². The summed E-state index contributed by atoms with van der Waals surface area (Å²) in [6, 6.07) is 29.4. The van der Waals surface area contributed by atoms with Gasteiger partial charge in [0.15, 0.2) is 5.78 Å². The second-order valence-corrected chi connectivity index (χ2v) is 10.8. The third-order valence-corrected chi connectivity index (χ3v) is 8.16. The maximum atomic E-state index is 14.3. The number of hydrogen-bond acceptors (Lipinski definition) is 4. The molecule has 1 saturated heterocycles. The van der Waals surface area contributed by atoms with Gasteiger partial charge in [-0.3, -0.25) is 9.59 Å². The fraction of sp³-hybridized carbons (Fsp3) is 0.200. The number of phenolic OH excluding ortho intramolecular Hbond substituents is 1. The SMILES string of the molecule is CC(=O)N1CCN(c2ccc(-c3cccc(C(=O)C[C@@H](c4cc5ccccc5[nH]4)c4cc(F)ccc4O)c3)cc2)CC1. The molecule has 0 bridgehead atoms. The van der Waals surface area contributed by atoms with Crippen LogP contribution in [-0.4, -0.2) is 52.9 Å². The van der Waals surface area contributed by atoms with Crippen LogP contribution in [0.2, 0.25) is 0 Å². The molecular weight excluding hydrogens is 529 g/mol. The first-order valence-electron chi connectivity index (χ1n) is 14.2. The van der Waals surface area contributed by atoms with Crippen molar-refractivity contribution in [1.82, 2.24) is 9.88 Å². The monoisotopic (exact) mass is 561 g/mol. The highest BCUT2D eigenvalue weighted by Crippen LogP contribution is 2.36. The number of aromatic amines is 1. The van der Waals surface area contributed by atoms with Gasteiger partial charge in [0.25, 0.3) is 0 Å². The largest absolute Gasteiger partial charge is 0.508 e. The zero-order valence-electron chi connectivity index (χ0n) is 23.4. The van der Waals surface area contributed by atoms with E-state index in [0.717, 1.165) is 46.5 Å². The Morgan fingerprint density at radius 2 is 1.62 bits per heavy atom. The maximum absolute atomic E-state index is 14.3. The van der Waals surface area contributed by atoms with E-state index in [1.54, 1.807) is 13.0 Å². The first-order valence-corrected chi connectivity index (χ1v) is 14.2. The Balaban J connectivity index is 1.24. The molecule has 0 unspecified atom stereocenters. The minimum absolute atomic E-state index is 0.0515. The molecule has 0 saturated carbocycles. The standard InChI is InChI=1S/C35H32FN3O3/c1-23(40)38-15-17-39(18-16-38)29-12-9-24(10-13-29)25-6-4-7-27(19-25)35(42)22-30(31-21-28(36)11-14-34(31)41)33-20-26-5-2-3-8-32(26)37-33/h2-14,19-21,30,37,41H,15-18,22H2,1H3/t30-/m1/s1. The predicted molar refractivity (Wildman–Crippen MR) is 163 cm³/mol. The lowest BCUT2D eigenvalue weighted by atomic mass is 9.87. The van der Waals surface area contributed by atoms with Crippen molar-refractivity contribution in [1.29, 1.82) is 0 Å². The Bertz CT molecular complexity index is 1720. The van der Waals surface area contributed by atoms with E-state index in [-0.39, 0.29) is 23.9 Å². The second-order valence-electron chi connectivity index (χ2n) is 10.8. The lowest BCUT2D eigenvalue weighted by Gasteiger charge is -2.35. The third kappa shape index (κ3) is 5.63. The Morgan fingerprint density at radius 3 is 2.36 bits per heavy atom. The fourth-order valence-electron chi connectivity index (χ4n) is 5.80. The van der Waals surface area contributed by atoms with Gasteiger partial charge in [0, 0.05) is 73.5 Å². The van der Waals surface area contributed by atoms with Crippen LogP contribution >= 0.6 is 0 Å². The minimum atomic E-state index is -0.563. The van der Waals surface area contributed by atoms with E-state index in [1.807, 2.05) is 65.6 Å². The number of Topliss-reactive ketones (excluding diaryl/α,β-unsaturated/α-hetero) is 1. The number of carbonyl (C=O) groups excluding carboxylic acids is 2. The number of fused-ring (bicyclic) bond motifs is 1. The van der Waals surface area contributed by atoms with Crippen molar-refractivity contribution in [3.05, 3.63) is 120 Å². The zero-order valence-corrected chi connectivity index (χ0v) is 23.4. The van der Waals surface area contributed by atoms with Gasteiger partial charge in [0.2, 0.25) is 5.91 Å². The second kappa shape index (κ2) is 11.5. The van der Waals surface area contributed by atoms with Gasteiger partial charge in [0.1, 0.15) is 11.6 Å². The first kappa shape index (κ1) is 27.3. The molecule has 0 spiro atoms. The first-order chi connectivity index (χ1) is 20.4. The van der Waals surface area contributed by atoms with E-state index < -0.39 is 11.7 Å². The van der Waals surface area contributed by atoms with E-state index in [4.69, 9.17) is 0 Å². The van der Waals surface area contributed by atoms with Crippen molar-refractivity contribution >= 4 is 28.3 Å². The summed E-state index contributed by atoms with van der Waals surface area (Å²) in [5.74, 6) is -1.08. The van der Waals surface area contributed by atoms with Crippen LogP contribution in [0.25, 0.3) is 22.0 Å². The molecule has 212 valence electrons. The van der Waals surface area contributed by atoms with Gasteiger partial charge in [-0.2, -0.15) is 0 Å². The number of piperazine rings is 1. The number of hydrogen-bond donors (Lipinski definition) is 2. The van der Waals surface area contributed by atoms with E-state index in [9.17, 15) is 19.1 Å². The molecule has 4 aromatic carbocycles. The van der Waals surface area contributed by atoms with Crippen LogP contribution in [0.1, 0.15) is 40.9 Å². The molecule has 7 heteroatoms. The highest BCUT2D eigenvalue weighted by molar-refractivity contribution is 5.98. The Hall–Kier alpha value is -4.91. The number of aromatic nitrogens is 1. The lowest BCUT2D eigenvalue weighted by Crippen LogP contribution is -2.48. The van der Waals surface area contributed by atoms with Gasteiger partial charge in [-0.25, -0.2) is 4.39 Å². The summed E-state index contributed by atoms with van der Waals surface area (Å²) >= 11 is 0. The quantitative estimate of drug-likeness (QED) is 0.216. The Morgan fingerprint density at radius 1 is 0.857 bits per heavy atom. The van der Waals surface area contributed by atoms with Gasteiger partial charge in [0.05, 0.1) is 0 Å². The Kier molecular flexibility index (Phi) is 7.48. The van der Waals surface area contributed by atoms with E-state index in [2.05, 4.69) is 22.0 Å². The minimum Gasteiger partial charge on any atom is -0.508 e. The average Bonchev–Trinajstić information content (AvgIpc) is 3.45. The smallest absolute Gasteiger partial charge is 0.219 e. The maximum Gasteiger partial charge on any atom is 0.219 e. The molecule has 1 amide bonds. The molecule has 42 heavy (non-hydrogen) atoms. The van der Waals surface area contributed by atoms with E-state index in [1.165, 1.54) is 18.2 Å². The molecule has 1 aliphatic rings. The summed E-state index contributed by atoms with van der Waals surface area (Å²) < 4.78 is 14.3. The lowest BCUT2D eigenvalue weighted by molar-refractivity contribution is -0.129. The summed E-state index contributed by atoms with van der Waals surface area (Å²) in [6.45, 7) is 4.63. The van der Waals surface area contributed by atoms with Crippen LogP contribution in [0.3, 0.4) is 0 Å². The van der Waals surface area contributed by atoms with Gasteiger partial charge in [-0.05, 0) is 65.0 Å². The molecule has 6 nitrogen and oxygen atoms in total. The van der Waals surface area contributed by atoms with E-state index >= 15 is 0 Å². The predicted octanol–water partition coefficient (Wildman–Crippen LogP) is 6.75. The summed E-state index contributed by atoms with van der Waals surface area (Å²) in [5.41, 5.74) is 5.58. The van der Waals surface area contributed by atoms with Crippen LogP contribution in [-0.2, 0) is 4.79 Å². The molecule has 6 rings (SSSR count). The number of aromatic hydroxyl groups is 1. The van der Waals surface area contributed by atoms with Gasteiger partial charge in [-0.1, -0.05) is 48.5 Å². The molecular formula is C35H32FN3O3. The molecule has 5 aromatic rings. The number of benzene rings is 4.